The van der Waals surface area contributed by atoms with Gasteiger partial charge in [0.05, 0.1) is 6.10 Å². The Morgan fingerprint density at radius 3 is 3.04 bits per heavy atom. The van der Waals surface area contributed by atoms with E-state index in [1.807, 2.05) is 6.07 Å². The van der Waals surface area contributed by atoms with Crippen molar-refractivity contribution in [2.75, 3.05) is 24.3 Å². The van der Waals surface area contributed by atoms with Crippen molar-refractivity contribution >= 4 is 22.6 Å². The van der Waals surface area contributed by atoms with Crippen LogP contribution in [0, 0.1) is 5.92 Å². The maximum Gasteiger partial charge on any atom is 0.165 e. The highest BCUT2D eigenvalue weighted by Crippen LogP contribution is 2.60. The Hall–Kier alpha value is -0.570. The van der Waals surface area contributed by atoms with Gasteiger partial charge in [0.2, 0.25) is 0 Å². The van der Waals surface area contributed by atoms with E-state index >= 15 is 0 Å². The Morgan fingerprint density at radius 2 is 2.28 bits per heavy atom. The molecule has 138 valence electrons. The van der Waals surface area contributed by atoms with E-state index in [2.05, 4.69) is 40.5 Å². The summed E-state index contributed by atoms with van der Waals surface area (Å²) in [5.74, 6) is 1.90. The number of nitrogens with zero attached hydrogens (tertiary/aromatic N) is 1. The summed E-state index contributed by atoms with van der Waals surface area (Å²) in [5, 5.41) is 19.7. The Labute approximate surface area is 162 Å². The molecule has 25 heavy (non-hydrogen) atoms. The first kappa shape index (κ1) is 17.8. The second-order valence-electron chi connectivity index (χ2n) is 7.52. The zero-order valence-electron chi connectivity index (χ0n) is 14.6. The molecular formula is C19H26INO4. The molecule has 1 aliphatic carbocycles. The molecule has 4 rings (SSSR count). The second kappa shape index (κ2) is 6.87. The molecule has 1 saturated carbocycles. The molecule has 1 fully saturated rings. The highest BCUT2D eigenvalue weighted by Gasteiger charge is 2.61. The maximum absolute atomic E-state index is 10.6. The van der Waals surface area contributed by atoms with Crippen molar-refractivity contribution in [1.29, 1.82) is 0 Å². The average molecular weight is 459 g/mol. The quantitative estimate of drug-likeness (QED) is 0.524. The number of halogens is 1. The zero-order chi connectivity index (χ0) is 17.6. The fourth-order valence-electron chi connectivity index (χ4n) is 5.15. The van der Waals surface area contributed by atoms with Gasteiger partial charge in [-0.1, -0.05) is 13.0 Å². The van der Waals surface area contributed by atoms with E-state index in [0.29, 0.717) is 11.0 Å². The van der Waals surface area contributed by atoms with Crippen molar-refractivity contribution < 1.29 is 19.7 Å². The lowest BCUT2D eigenvalue weighted by molar-refractivity contribution is 0.109. The smallest absolute Gasteiger partial charge is 0.165 e. The summed E-state index contributed by atoms with van der Waals surface area (Å²) in [7, 11) is 0. The van der Waals surface area contributed by atoms with Gasteiger partial charge in [0.15, 0.2) is 11.5 Å². The summed E-state index contributed by atoms with van der Waals surface area (Å²) in [6, 6.07) is 4.20. The second-order valence-corrected chi connectivity index (χ2v) is 8.15. The van der Waals surface area contributed by atoms with Gasteiger partial charge in [0.1, 0.15) is 10.7 Å². The number of alkyl halides is 1. The van der Waals surface area contributed by atoms with Crippen LogP contribution in [-0.4, -0.2) is 51.6 Å². The van der Waals surface area contributed by atoms with E-state index in [0.717, 1.165) is 44.0 Å². The third-order valence-corrected chi connectivity index (χ3v) is 6.74. The Kier molecular flexibility index (Phi) is 4.90. The molecule has 2 N–H and O–H groups in total. The molecule has 1 aromatic carbocycles. The molecule has 6 heteroatoms. The molecule has 3 aliphatic rings. The minimum absolute atomic E-state index is 0.0306. The maximum atomic E-state index is 10.6. The molecule has 4 atom stereocenters. The molecule has 0 amide bonds. The van der Waals surface area contributed by atoms with Crippen molar-refractivity contribution in [3.63, 3.8) is 0 Å². The number of hydrogen-bond donors (Lipinski definition) is 2. The van der Waals surface area contributed by atoms with Gasteiger partial charge in [0.25, 0.3) is 0 Å². The molecule has 2 aliphatic heterocycles. The Balaban J connectivity index is 1.80. The zero-order valence-corrected chi connectivity index (χ0v) is 16.7. The van der Waals surface area contributed by atoms with Gasteiger partial charge in [-0.05, 0) is 59.5 Å². The summed E-state index contributed by atoms with van der Waals surface area (Å²) in [6.45, 7) is 5.13. The van der Waals surface area contributed by atoms with Gasteiger partial charge in [-0.3, -0.25) is 4.90 Å². The number of hydrogen-bond acceptors (Lipinski definition) is 5. The first-order chi connectivity index (χ1) is 12.1. The highest BCUT2D eigenvalue weighted by atomic mass is 127. The molecule has 0 aromatic heterocycles. The lowest BCUT2D eigenvalue weighted by Gasteiger charge is -2.33. The number of ether oxygens (including phenoxy) is 2. The van der Waals surface area contributed by atoms with E-state index < -0.39 is 0 Å². The number of aliphatic hydroxyl groups excluding tert-OH is 2. The molecule has 1 unspecified atom stereocenters. The van der Waals surface area contributed by atoms with Gasteiger partial charge in [-0.2, -0.15) is 0 Å². The summed E-state index contributed by atoms with van der Waals surface area (Å²) < 4.78 is 12.8. The lowest BCUT2D eigenvalue weighted by atomic mass is 9.69. The largest absolute Gasteiger partial charge is 0.485 e. The van der Waals surface area contributed by atoms with Crippen LogP contribution in [0.5, 0.6) is 11.5 Å². The van der Waals surface area contributed by atoms with Gasteiger partial charge in [0, 0.05) is 37.1 Å². The van der Waals surface area contributed by atoms with Gasteiger partial charge < -0.3 is 19.7 Å². The first-order valence-corrected chi connectivity index (χ1v) is 10.7. The monoisotopic (exact) mass is 459 g/mol. The van der Waals surface area contributed by atoms with Gasteiger partial charge in [-0.25, -0.2) is 0 Å². The van der Waals surface area contributed by atoms with Crippen molar-refractivity contribution in [3.8, 4) is 11.5 Å². The van der Waals surface area contributed by atoms with Crippen LogP contribution in [0.1, 0.15) is 37.3 Å². The molecule has 1 aromatic rings. The normalized spacial score (nSPS) is 33.5. The van der Waals surface area contributed by atoms with Crippen LogP contribution in [0.2, 0.25) is 0 Å². The van der Waals surface area contributed by atoms with Crippen LogP contribution in [-0.2, 0) is 12.0 Å². The molecule has 5 nitrogen and oxygen atoms in total. The van der Waals surface area contributed by atoms with E-state index in [1.165, 1.54) is 11.1 Å². The highest BCUT2D eigenvalue weighted by molar-refractivity contribution is 14.1. The van der Waals surface area contributed by atoms with Crippen LogP contribution in [0.15, 0.2) is 12.1 Å². The Morgan fingerprint density at radius 1 is 1.44 bits per heavy atom. The topological polar surface area (TPSA) is 62.2 Å². The van der Waals surface area contributed by atoms with Crippen LogP contribution < -0.4 is 9.47 Å². The molecule has 1 spiro atoms. The number of benzene rings is 1. The minimum atomic E-state index is -0.316. The van der Waals surface area contributed by atoms with E-state index in [1.54, 1.807) is 0 Å². The summed E-state index contributed by atoms with van der Waals surface area (Å²) in [5.41, 5.74) is 2.44. The van der Waals surface area contributed by atoms with Crippen LogP contribution in [0.3, 0.4) is 0 Å². The average Bonchev–Trinajstić information content (AvgIpc) is 2.97. The summed E-state index contributed by atoms with van der Waals surface area (Å²) in [4.78, 5) is 2.42. The van der Waals surface area contributed by atoms with Crippen molar-refractivity contribution in [2.45, 2.75) is 50.4 Å². The number of aliphatic hydroxyl groups is 2. The fraction of sp³-hybridized carbons (Fsp3) is 0.684. The summed E-state index contributed by atoms with van der Waals surface area (Å²) in [6.07, 6.45) is 2.18. The predicted molar refractivity (Wildman–Crippen MR) is 103 cm³/mol. The number of rotatable bonds is 5. The predicted octanol–water partition coefficient (Wildman–Crippen LogP) is 2.45. The van der Waals surface area contributed by atoms with Crippen LogP contribution >= 0.6 is 22.6 Å². The SMILES string of the molecule is CC1[C@H](O)C[C@@H]2Oc3c(OCI)ccc4c3[C@]12CCN(CCCO)C4. The van der Waals surface area contributed by atoms with Crippen LogP contribution in [0.25, 0.3) is 0 Å². The molecule has 2 heterocycles. The van der Waals surface area contributed by atoms with Gasteiger partial charge >= 0.3 is 0 Å². The molecule has 0 radical (unpaired) electrons. The fourth-order valence-corrected chi connectivity index (χ4v) is 5.49. The van der Waals surface area contributed by atoms with E-state index in [9.17, 15) is 10.2 Å². The summed E-state index contributed by atoms with van der Waals surface area (Å²) >= 11 is 2.21. The molecule has 0 bridgehead atoms. The van der Waals surface area contributed by atoms with Crippen molar-refractivity contribution in [3.05, 3.63) is 23.3 Å². The Bertz CT molecular complexity index is 655. The molecular weight excluding hydrogens is 433 g/mol. The third-order valence-electron chi connectivity index (χ3n) is 6.43. The van der Waals surface area contributed by atoms with E-state index in [-0.39, 0.29) is 30.1 Å². The lowest BCUT2D eigenvalue weighted by Crippen LogP contribution is -2.40. The third kappa shape index (κ3) is 2.67. The standard InChI is InChI=1S/C19H26INO4/c1-12-14(23)9-16-19(12)5-7-21(6-2-8-22)10-13-3-4-15(24-11-20)18(25-16)17(13)19/h3-4,12,14,16,22-23H,2,5-11H2,1H3/t12?,14-,16+,19-/m1/s1. The van der Waals surface area contributed by atoms with Gasteiger partial charge in [-0.15, -0.1) is 0 Å². The van der Waals surface area contributed by atoms with E-state index in [4.69, 9.17) is 9.47 Å². The van der Waals surface area contributed by atoms with Crippen molar-refractivity contribution in [2.24, 2.45) is 5.92 Å². The molecule has 0 saturated heterocycles. The minimum Gasteiger partial charge on any atom is -0.485 e. The van der Waals surface area contributed by atoms with Crippen LogP contribution in [0.4, 0.5) is 0 Å². The first-order valence-electron chi connectivity index (χ1n) is 9.15. The van der Waals surface area contributed by atoms with Crippen molar-refractivity contribution in [1.82, 2.24) is 4.90 Å².